The Morgan fingerprint density at radius 2 is 1.90 bits per heavy atom. The van der Waals surface area contributed by atoms with Gasteiger partial charge in [0.1, 0.15) is 5.75 Å². The highest BCUT2D eigenvalue weighted by Gasteiger charge is 2.04. The summed E-state index contributed by atoms with van der Waals surface area (Å²) in [5, 5.41) is 8.85. The fourth-order valence-corrected chi connectivity index (χ4v) is 1.96. The van der Waals surface area contributed by atoms with Crippen LogP contribution in [0.4, 0.5) is 0 Å². The van der Waals surface area contributed by atoms with Gasteiger partial charge in [0.25, 0.3) is 0 Å². The van der Waals surface area contributed by atoms with E-state index < -0.39 is 5.97 Å². The number of nitrogens with zero attached hydrogens (tertiary/aromatic N) is 1. The maximum atomic E-state index is 10.8. The van der Waals surface area contributed by atoms with Gasteiger partial charge in [-0.2, -0.15) is 0 Å². The molecule has 0 atom stereocenters. The number of aromatic nitrogens is 1. The fourth-order valence-electron chi connectivity index (χ4n) is 1.96. The Bertz CT molecular complexity index is 576. The van der Waals surface area contributed by atoms with E-state index in [9.17, 15) is 4.79 Å². The fraction of sp³-hybridized carbons (Fsp3) is 0.294. The second-order valence-corrected chi connectivity index (χ2v) is 4.82. The smallest absolute Gasteiger partial charge is 0.337 e. The van der Waals surface area contributed by atoms with Crippen molar-refractivity contribution in [3.8, 4) is 17.0 Å². The molecule has 0 unspecified atom stereocenters. The number of carboxylic acid groups (broad SMARTS) is 1. The van der Waals surface area contributed by atoms with E-state index in [1.165, 1.54) is 19.0 Å². The summed E-state index contributed by atoms with van der Waals surface area (Å²) < 4.78 is 5.65. The largest absolute Gasteiger partial charge is 0.494 e. The molecule has 2 rings (SSSR count). The Morgan fingerprint density at radius 1 is 1.14 bits per heavy atom. The SMILES string of the molecule is CCCCCOc1ccc(-c2ccc(C(=O)O)cn2)cc1. The second kappa shape index (κ2) is 7.43. The number of aromatic carboxylic acids is 1. The van der Waals surface area contributed by atoms with Gasteiger partial charge in [0, 0.05) is 11.8 Å². The molecule has 0 aliphatic rings. The Labute approximate surface area is 124 Å². The van der Waals surface area contributed by atoms with Gasteiger partial charge in [0.05, 0.1) is 17.9 Å². The maximum Gasteiger partial charge on any atom is 0.337 e. The van der Waals surface area contributed by atoms with Gasteiger partial charge < -0.3 is 9.84 Å². The van der Waals surface area contributed by atoms with Gasteiger partial charge in [-0.3, -0.25) is 4.98 Å². The van der Waals surface area contributed by atoms with E-state index in [0.29, 0.717) is 0 Å². The number of rotatable bonds is 7. The number of unbranched alkanes of at least 4 members (excludes halogenated alkanes) is 2. The van der Waals surface area contributed by atoms with E-state index in [4.69, 9.17) is 9.84 Å². The first-order chi connectivity index (χ1) is 10.2. The van der Waals surface area contributed by atoms with Crippen LogP contribution in [0.2, 0.25) is 0 Å². The molecule has 0 bridgehead atoms. The summed E-state index contributed by atoms with van der Waals surface area (Å²) in [5.41, 5.74) is 1.88. The average Bonchev–Trinajstić information content (AvgIpc) is 2.52. The number of hydrogen-bond donors (Lipinski definition) is 1. The van der Waals surface area contributed by atoms with Gasteiger partial charge >= 0.3 is 5.97 Å². The van der Waals surface area contributed by atoms with E-state index >= 15 is 0 Å². The third-order valence-corrected chi connectivity index (χ3v) is 3.18. The Morgan fingerprint density at radius 3 is 2.48 bits per heavy atom. The monoisotopic (exact) mass is 285 g/mol. The van der Waals surface area contributed by atoms with Crippen molar-refractivity contribution in [1.82, 2.24) is 4.98 Å². The molecule has 0 aliphatic carbocycles. The molecular weight excluding hydrogens is 266 g/mol. The van der Waals surface area contributed by atoms with E-state index in [-0.39, 0.29) is 5.56 Å². The highest BCUT2D eigenvalue weighted by atomic mass is 16.5. The predicted octanol–water partition coefficient (Wildman–Crippen LogP) is 4.02. The third-order valence-electron chi connectivity index (χ3n) is 3.18. The molecule has 0 aliphatic heterocycles. The maximum absolute atomic E-state index is 10.8. The molecule has 0 saturated carbocycles. The Kier molecular flexibility index (Phi) is 5.32. The molecule has 0 amide bonds. The standard InChI is InChI=1S/C17H19NO3/c1-2-3-4-11-21-15-8-5-13(6-9-15)16-10-7-14(12-18-16)17(19)20/h5-10,12H,2-4,11H2,1H3,(H,19,20). The normalized spacial score (nSPS) is 10.3. The lowest BCUT2D eigenvalue weighted by Gasteiger charge is -2.07. The van der Waals surface area contributed by atoms with Crippen LogP contribution in [0.1, 0.15) is 36.5 Å². The van der Waals surface area contributed by atoms with Crippen molar-refractivity contribution in [3.63, 3.8) is 0 Å². The molecule has 2 aromatic rings. The number of ether oxygens (including phenoxy) is 1. The first kappa shape index (κ1) is 15.0. The molecular formula is C17H19NO3. The van der Waals surface area contributed by atoms with Gasteiger partial charge in [-0.15, -0.1) is 0 Å². The van der Waals surface area contributed by atoms with E-state index in [1.54, 1.807) is 12.1 Å². The summed E-state index contributed by atoms with van der Waals surface area (Å²) in [5.74, 6) is -0.123. The van der Waals surface area contributed by atoms with Crippen molar-refractivity contribution in [2.24, 2.45) is 0 Å². The molecule has 1 aromatic carbocycles. The zero-order chi connectivity index (χ0) is 15.1. The van der Waals surface area contributed by atoms with Crippen LogP contribution in [0.3, 0.4) is 0 Å². The molecule has 4 heteroatoms. The van der Waals surface area contributed by atoms with Crippen LogP contribution in [0.5, 0.6) is 5.75 Å². The van der Waals surface area contributed by atoms with Crippen molar-refractivity contribution in [3.05, 3.63) is 48.2 Å². The van der Waals surface area contributed by atoms with Crippen molar-refractivity contribution in [2.75, 3.05) is 6.61 Å². The van der Waals surface area contributed by atoms with Crippen molar-refractivity contribution in [2.45, 2.75) is 26.2 Å². The molecule has 0 spiro atoms. The van der Waals surface area contributed by atoms with E-state index in [0.717, 1.165) is 30.0 Å². The Hall–Kier alpha value is -2.36. The summed E-state index contributed by atoms with van der Waals surface area (Å²) >= 11 is 0. The molecule has 4 nitrogen and oxygen atoms in total. The van der Waals surface area contributed by atoms with Crippen molar-refractivity contribution < 1.29 is 14.6 Å². The molecule has 1 heterocycles. The third kappa shape index (κ3) is 4.31. The van der Waals surface area contributed by atoms with E-state index in [2.05, 4.69) is 11.9 Å². The molecule has 0 radical (unpaired) electrons. The summed E-state index contributed by atoms with van der Waals surface area (Å²) in [6.45, 7) is 2.90. The van der Waals surface area contributed by atoms with Crippen LogP contribution >= 0.6 is 0 Å². The lowest BCUT2D eigenvalue weighted by atomic mass is 10.1. The molecule has 1 N–H and O–H groups in total. The molecule has 21 heavy (non-hydrogen) atoms. The minimum Gasteiger partial charge on any atom is -0.494 e. The lowest BCUT2D eigenvalue weighted by Crippen LogP contribution is -1.98. The number of hydrogen-bond acceptors (Lipinski definition) is 3. The van der Waals surface area contributed by atoms with Crippen LogP contribution in [-0.2, 0) is 0 Å². The predicted molar refractivity (Wildman–Crippen MR) is 81.7 cm³/mol. The van der Waals surface area contributed by atoms with Gasteiger partial charge in [-0.1, -0.05) is 19.8 Å². The Balaban J connectivity index is 1.99. The minimum atomic E-state index is -0.968. The summed E-state index contributed by atoms with van der Waals surface area (Å²) in [4.78, 5) is 14.9. The number of carboxylic acids is 1. The van der Waals surface area contributed by atoms with Crippen molar-refractivity contribution in [1.29, 1.82) is 0 Å². The highest BCUT2D eigenvalue weighted by molar-refractivity contribution is 5.87. The van der Waals surface area contributed by atoms with Gasteiger partial charge in [-0.05, 0) is 42.8 Å². The molecule has 0 fully saturated rings. The van der Waals surface area contributed by atoms with Crippen LogP contribution < -0.4 is 4.74 Å². The number of pyridine rings is 1. The number of carbonyl (C=O) groups is 1. The zero-order valence-corrected chi connectivity index (χ0v) is 12.1. The highest BCUT2D eigenvalue weighted by Crippen LogP contribution is 2.21. The summed E-state index contributed by atoms with van der Waals surface area (Å²) in [7, 11) is 0. The molecule has 0 saturated heterocycles. The molecule has 110 valence electrons. The van der Waals surface area contributed by atoms with Crippen LogP contribution in [0.15, 0.2) is 42.6 Å². The van der Waals surface area contributed by atoms with Gasteiger partial charge in [0.15, 0.2) is 0 Å². The summed E-state index contributed by atoms with van der Waals surface area (Å²) in [6, 6.07) is 10.9. The van der Waals surface area contributed by atoms with E-state index in [1.807, 2.05) is 24.3 Å². The second-order valence-electron chi connectivity index (χ2n) is 4.82. The first-order valence-electron chi connectivity index (χ1n) is 7.13. The summed E-state index contributed by atoms with van der Waals surface area (Å²) in [6.07, 6.45) is 4.79. The minimum absolute atomic E-state index is 0.189. The number of benzene rings is 1. The quantitative estimate of drug-likeness (QED) is 0.781. The zero-order valence-electron chi connectivity index (χ0n) is 12.1. The van der Waals surface area contributed by atoms with Crippen LogP contribution in [-0.4, -0.2) is 22.7 Å². The first-order valence-corrected chi connectivity index (χ1v) is 7.13. The average molecular weight is 285 g/mol. The van der Waals surface area contributed by atoms with Gasteiger partial charge in [0.2, 0.25) is 0 Å². The molecule has 1 aromatic heterocycles. The topological polar surface area (TPSA) is 59.4 Å². The van der Waals surface area contributed by atoms with Crippen LogP contribution in [0.25, 0.3) is 11.3 Å². The van der Waals surface area contributed by atoms with Crippen molar-refractivity contribution >= 4 is 5.97 Å². The van der Waals surface area contributed by atoms with Gasteiger partial charge in [-0.25, -0.2) is 4.79 Å². The van der Waals surface area contributed by atoms with Crippen LogP contribution in [0, 0.1) is 0 Å². The lowest BCUT2D eigenvalue weighted by molar-refractivity contribution is 0.0696.